The van der Waals surface area contributed by atoms with Gasteiger partial charge in [-0.15, -0.1) is 0 Å². The molecule has 19 heavy (non-hydrogen) atoms. The van der Waals surface area contributed by atoms with Crippen molar-refractivity contribution >= 4 is 5.97 Å². The molecule has 0 spiro atoms. The maximum Gasteiger partial charge on any atom is 0.338 e. The zero-order chi connectivity index (χ0) is 13.8. The minimum absolute atomic E-state index is 0.0502. The molecule has 0 aliphatic carbocycles. The first-order chi connectivity index (χ1) is 9.13. The summed E-state index contributed by atoms with van der Waals surface area (Å²) in [5, 5.41) is 10.1. The Morgan fingerprint density at radius 3 is 2.63 bits per heavy atom. The van der Waals surface area contributed by atoms with Crippen LogP contribution in [0.4, 0.5) is 0 Å². The summed E-state index contributed by atoms with van der Waals surface area (Å²) in [6.45, 7) is 4.02. The fourth-order valence-electron chi connectivity index (χ4n) is 2.55. The number of hydrogen-bond donors (Lipinski definition) is 1. The largest absolute Gasteiger partial charge is 0.512 e. The van der Waals surface area contributed by atoms with Gasteiger partial charge in [0.2, 0.25) is 0 Å². The zero-order valence-electron chi connectivity index (χ0n) is 11.4. The number of hydrogen-bond acceptors (Lipinski definition) is 3. The third-order valence-electron chi connectivity index (χ3n) is 3.54. The van der Waals surface area contributed by atoms with E-state index >= 15 is 0 Å². The predicted molar refractivity (Wildman–Crippen MR) is 73.6 cm³/mol. The second kappa shape index (κ2) is 5.91. The quantitative estimate of drug-likeness (QED) is 0.834. The molecule has 2 unspecified atom stereocenters. The topological polar surface area (TPSA) is 46.5 Å². The Labute approximate surface area is 113 Å². The van der Waals surface area contributed by atoms with Crippen LogP contribution in [0.25, 0.3) is 0 Å². The lowest BCUT2D eigenvalue weighted by molar-refractivity contribution is -0.148. The fourth-order valence-corrected chi connectivity index (χ4v) is 2.55. The number of carbonyl (C=O) groups is 1. The molecule has 0 saturated carbocycles. The van der Waals surface area contributed by atoms with Gasteiger partial charge in [-0.1, -0.05) is 50.6 Å². The van der Waals surface area contributed by atoms with Gasteiger partial charge in [-0.2, -0.15) is 0 Å². The van der Waals surface area contributed by atoms with Gasteiger partial charge in [0.25, 0.3) is 0 Å². The van der Waals surface area contributed by atoms with Crippen LogP contribution in [0.15, 0.2) is 41.7 Å². The van der Waals surface area contributed by atoms with E-state index in [1.54, 1.807) is 0 Å². The summed E-state index contributed by atoms with van der Waals surface area (Å²) in [4.78, 5) is 12.1. The Bertz CT molecular complexity index is 476. The summed E-state index contributed by atoms with van der Waals surface area (Å²) in [7, 11) is 0. The number of aliphatic hydroxyl groups excluding tert-OH is 1. The molecule has 1 aromatic carbocycles. The Balaban J connectivity index is 2.20. The van der Waals surface area contributed by atoms with Gasteiger partial charge in [-0.3, -0.25) is 0 Å². The molecule has 102 valence electrons. The van der Waals surface area contributed by atoms with Crippen LogP contribution in [-0.2, 0) is 9.53 Å². The maximum atomic E-state index is 12.1. The minimum atomic E-state index is -0.376. The highest BCUT2D eigenvalue weighted by atomic mass is 16.5. The molecule has 0 fully saturated rings. The van der Waals surface area contributed by atoms with Gasteiger partial charge in [-0.25, -0.2) is 4.79 Å². The molecule has 3 heteroatoms. The van der Waals surface area contributed by atoms with E-state index in [0.29, 0.717) is 12.0 Å². The van der Waals surface area contributed by atoms with Gasteiger partial charge in [0.15, 0.2) is 0 Å². The molecular weight excluding hydrogens is 240 g/mol. The van der Waals surface area contributed by atoms with E-state index in [9.17, 15) is 9.90 Å². The van der Waals surface area contributed by atoms with Gasteiger partial charge in [0.05, 0.1) is 5.57 Å². The molecule has 1 heterocycles. The summed E-state index contributed by atoms with van der Waals surface area (Å²) in [6.07, 6.45) is 1.86. The summed E-state index contributed by atoms with van der Waals surface area (Å²) in [5.41, 5.74) is 1.37. The number of carbonyl (C=O) groups excluding carboxylic acids is 1. The van der Waals surface area contributed by atoms with Crippen LogP contribution >= 0.6 is 0 Å². The van der Waals surface area contributed by atoms with Crippen molar-refractivity contribution in [1.82, 2.24) is 0 Å². The lowest BCUT2D eigenvalue weighted by Crippen LogP contribution is -2.25. The zero-order valence-corrected chi connectivity index (χ0v) is 11.4. The third-order valence-corrected chi connectivity index (χ3v) is 3.54. The van der Waals surface area contributed by atoms with Crippen molar-refractivity contribution in [3.8, 4) is 0 Å². The first-order valence-corrected chi connectivity index (χ1v) is 6.81. The van der Waals surface area contributed by atoms with Crippen LogP contribution in [0.1, 0.15) is 44.8 Å². The van der Waals surface area contributed by atoms with E-state index in [0.717, 1.165) is 18.4 Å². The lowest BCUT2D eigenvalue weighted by atomic mass is 9.91. The van der Waals surface area contributed by atoms with Gasteiger partial charge in [-0.05, 0) is 17.9 Å². The normalized spacial score (nSPS) is 21.2. The SMILES string of the molecule is CCCC(C)C1=C(O)CC(c2ccccc2)OC1=O. The smallest absolute Gasteiger partial charge is 0.338 e. The summed E-state index contributed by atoms with van der Waals surface area (Å²) >= 11 is 0. The molecule has 0 amide bonds. The molecule has 0 radical (unpaired) electrons. The van der Waals surface area contributed by atoms with Crippen molar-refractivity contribution < 1.29 is 14.6 Å². The maximum absolute atomic E-state index is 12.1. The van der Waals surface area contributed by atoms with E-state index < -0.39 is 0 Å². The van der Waals surface area contributed by atoms with Crippen molar-refractivity contribution in [3.05, 3.63) is 47.2 Å². The molecule has 0 bridgehead atoms. The average molecular weight is 260 g/mol. The minimum Gasteiger partial charge on any atom is -0.512 e. The molecule has 1 aliphatic heterocycles. The van der Waals surface area contributed by atoms with Crippen LogP contribution in [0.2, 0.25) is 0 Å². The van der Waals surface area contributed by atoms with Crippen molar-refractivity contribution in [1.29, 1.82) is 0 Å². The van der Waals surface area contributed by atoms with Gasteiger partial charge in [0, 0.05) is 6.42 Å². The molecule has 1 aliphatic rings. The first kappa shape index (κ1) is 13.7. The summed E-state index contributed by atoms with van der Waals surface area (Å²) in [6, 6.07) is 9.54. The molecule has 0 aromatic heterocycles. The molecule has 1 N–H and O–H groups in total. The molecule has 0 saturated heterocycles. The number of aliphatic hydroxyl groups is 1. The van der Waals surface area contributed by atoms with E-state index in [4.69, 9.17) is 4.74 Å². The fraction of sp³-hybridized carbons (Fsp3) is 0.438. The molecular formula is C16H20O3. The van der Waals surface area contributed by atoms with E-state index in [1.807, 2.05) is 37.3 Å². The average Bonchev–Trinajstić information content (AvgIpc) is 2.39. The molecule has 2 rings (SSSR count). The summed E-state index contributed by atoms with van der Waals surface area (Å²) in [5.74, 6) is -0.140. The van der Waals surface area contributed by atoms with Gasteiger partial charge >= 0.3 is 5.97 Å². The summed E-state index contributed by atoms with van der Waals surface area (Å²) < 4.78 is 5.47. The van der Waals surface area contributed by atoms with Gasteiger partial charge < -0.3 is 9.84 Å². The molecule has 2 atom stereocenters. The van der Waals surface area contributed by atoms with Gasteiger partial charge in [0.1, 0.15) is 11.9 Å². The second-order valence-electron chi connectivity index (χ2n) is 5.06. The van der Waals surface area contributed by atoms with Crippen LogP contribution < -0.4 is 0 Å². The van der Waals surface area contributed by atoms with Crippen LogP contribution in [-0.4, -0.2) is 11.1 Å². The number of esters is 1. The highest BCUT2D eigenvalue weighted by Gasteiger charge is 2.32. The third kappa shape index (κ3) is 2.98. The highest BCUT2D eigenvalue weighted by Crippen LogP contribution is 2.34. The van der Waals surface area contributed by atoms with Crippen molar-refractivity contribution in [2.24, 2.45) is 5.92 Å². The van der Waals surface area contributed by atoms with Crippen molar-refractivity contribution in [3.63, 3.8) is 0 Å². The standard InChI is InChI=1S/C16H20O3/c1-3-7-11(2)15-13(17)10-14(19-16(15)18)12-8-5-4-6-9-12/h4-6,8-9,11,14,17H,3,7,10H2,1-2H3. The van der Waals surface area contributed by atoms with E-state index in [1.165, 1.54) is 0 Å². The number of benzene rings is 1. The Morgan fingerprint density at radius 1 is 1.37 bits per heavy atom. The number of ether oxygens (including phenoxy) is 1. The second-order valence-corrected chi connectivity index (χ2v) is 5.06. The molecule has 1 aromatic rings. The Kier molecular flexibility index (Phi) is 4.25. The van der Waals surface area contributed by atoms with Crippen LogP contribution in [0, 0.1) is 5.92 Å². The highest BCUT2D eigenvalue weighted by molar-refractivity contribution is 5.90. The lowest BCUT2D eigenvalue weighted by Gasteiger charge is -2.27. The molecule has 3 nitrogen and oxygen atoms in total. The van der Waals surface area contributed by atoms with Crippen molar-refractivity contribution in [2.75, 3.05) is 0 Å². The van der Waals surface area contributed by atoms with Crippen LogP contribution in [0.5, 0.6) is 0 Å². The predicted octanol–water partition coefficient (Wildman–Crippen LogP) is 3.92. The number of rotatable bonds is 4. The van der Waals surface area contributed by atoms with Crippen LogP contribution in [0.3, 0.4) is 0 Å². The van der Waals surface area contributed by atoms with E-state index in [-0.39, 0.29) is 23.8 Å². The Morgan fingerprint density at radius 2 is 2.05 bits per heavy atom. The first-order valence-electron chi connectivity index (χ1n) is 6.81. The Hall–Kier alpha value is -1.77. The number of cyclic esters (lactones) is 1. The monoisotopic (exact) mass is 260 g/mol. The van der Waals surface area contributed by atoms with E-state index in [2.05, 4.69) is 6.92 Å². The van der Waals surface area contributed by atoms with Crippen molar-refractivity contribution in [2.45, 2.75) is 39.2 Å².